The third-order valence-corrected chi connectivity index (χ3v) is 10.3. The zero-order chi connectivity index (χ0) is 20.9. The lowest BCUT2D eigenvalue weighted by molar-refractivity contribution is -0.0773. The van der Waals surface area contributed by atoms with Gasteiger partial charge in [-0.2, -0.15) is 0 Å². The second-order valence-electron chi connectivity index (χ2n) is 11.9. The van der Waals surface area contributed by atoms with Crippen LogP contribution in [0.4, 0.5) is 0 Å². The van der Waals surface area contributed by atoms with E-state index in [2.05, 4.69) is 26.1 Å². The molecule has 3 nitrogen and oxygen atoms in total. The van der Waals surface area contributed by atoms with E-state index in [4.69, 9.17) is 9.47 Å². The fourth-order valence-electron chi connectivity index (χ4n) is 8.49. The molecule has 170 valence electrons. The first-order chi connectivity index (χ1) is 14.5. The molecule has 0 amide bonds. The van der Waals surface area contributed by atoms with Gasteiger partial charge in [0.15, 0.2) is 0 Å². The van der Waals surface area contributed by atoms with Gasteiger partial charge < -0.3 is 14.8 Å². The molecule has 1 saturated heterocycles. The van der Waals surface area contributed by atoms with Gasteiger partial charge in [0.2, 0.25) is 0 Å². The smallest absolute Gasteiger partial charge is 0.0735 e. The molecule has 5 rings (SSSR count). The quantitative estimate of drug-likeness (QED) is 0.554. The van der Waals surface area contributed by atoms with E-state index in [0.717, 1.165) is 36.2 Å². The Morgan fingerprint density at radius 1 is 1.10 bits per heavy atom. The summed E-state index contributed by atoms with van der Waals surface area (Å²) < 4.78 is 12.4. The van der Waals surface area contributed by atoms with E-state index in [-0.39, 0.29) is 0 Å². The van der Waals surface area contributed by atoms with E-state index in [1.807, 2.05) is 12.7 Å². The van der Waals surface area contributed by atoms with Crippen LogP contribution in [0.15, 0.2) is 11.1 Å². The average molecular weight is 416 g/mol. The molecule has 2 heterocycles. The normalized spacial score (nSPS) is 49.6. The van der Waals surface area contributed by atoms with Gasteiger partial charge in [0, 0.05) is 13.2 Å². The number of hydrogen-bond acceptors (Lipinski definition) is 3. The lowest BCUT2D eigenvalue weighted by atomic mass is 9.52. The molecule has 0 aromatic carbocycles. The molecule has 3 heteroatoms. The molecule has 9 unspecified atom stereocenters. The minimum atomic E-state index is 0.413. The Bertz CT molecular complexity index is 659. The van der Waals surface area contributed by atoms with Crippen LogP contribution >= 0.6 is 0 Å². The summed E-state index contributed by atoms with van der Waals surface area (Å²) in [5.41, 5.74) is 3.93. The third kappa shape index (κ3) is 3.71. The van der Waals surface area contributed by atoms with Crippen LogP contribution in [0.5, 0.6) is 0 Å². The van der Waals surface area contributed by atoms with Crippen molar-refractivity contribution in [2.24, 2.45) is 35.0 Å². The fourth-order valence-corrected chi connectivity index (χ4v) is 8.49. The number of ether oxygens (including phenoxy) is 2. The van der Waals surface area contributed by atoms with Crippen LogP contribution in [-0.4, -0.2) is 38.5 Å². The van der Waals surface area contributed by atoms with Crippen molar-refractivity contribution in [3.63, 3.8) is 0 Å². The predicted octanol–water partition coefficient (Wildman–Crippen LogP) is 5.74. The van der Waals surface area contributed by atoms with E-state index >= 15 is 0 Å². The van der Waals surface area contributed by atoms with Gasteiger partial charge in [-0.25, -0.2) is 0 Å². The van der Waals surface area contributed by atoms with Gasteiger partial charge >= 0.3 is 0 Å². The SMILES string of the molecule is COC1CCC2(C)C(CCC3C4CCCC5NCC(C)CC5OCC(C)=C4CC32)C1. The highest BCUT2D eigenvalue weighted by Crippen LogP contribution is 2.63. The summed E-state index contributed by atoms with van der Waals surface area (Å²) >= 11 is 0. The Balaban J connectivity index is 1.37. The van der Waals surface area contributed by atoms with Crippen LogP contribution in [0.1, 0.15) is 85.0 Å². The van der Waals surface area contributed by atoms with Gasteiger partial charge in [0.1, 0.15) is 0 Å². The largest absolute Gasteiger partial charge is 0.381 e. The average Bonchev–Trinajstić information content (AvgIpc) is 3.12. The summed E-state index contributed by atoms with van der Waals surface area (Å²) in [6.45, 7) is 9.46. The maximum atomic E-state index is 6.59. The topological polar surface area (TPSA) is 30.5 Å². The zero-order valence-corrected chi connectivity index (χ0v) is 19.9. The maximum absolute atomic E-state index is 6.59. The molecule has 3 saturated carbocycles. The Labute approximate surface area is 184 Å². The van der Waals surface area contributed by atoms with Crippen LogP contribution in [0, 0.1) is 35.0 Å². The number of nitrogens with one attached hydrogen (secondary N) is 1. The molecule has 2 aliphatic heterocycles. The highest BCUT2D eigenvalue weighted by molar-refractivity contribution is 5.25. The van der Waals surface area contributed by atoms with Crippen molar-refractivity contribution in [3.8, 4) is 0 Å². The molecule has 1 N–H and O–H groups in total. The Kier molecular flexibility index (Phi) is 6.10. The highest BCUT2D eigenvalue weighted by atomic mass is 16.5. The van der Waals surface area contributed by atoms with Crippen LogP contribution in [0.3, 0.4) is 0 Å². The number of piperidine rings is 1. The van der Waals surface area contributed by atoms with E-state index in [9.17, 15) is 0 Å². The lowest BCUT2D eigenvalue weighted by Crippen LogP contribution is -2.49. The first-order valence-corrected chi connectivity index (χ1v) is 13.1. The van der Waals surface area contributed by atoms with E-state index in [1.165, 1.54) is 70.8 Å². The highest BCUT2D eigenvalue weighted by Gasteiger charge is 2.55. The second-order valence-corrected chi connectivity index (χ2v) is 11.9. The summed E-state index contributed by atoms with van der Waals surface area (Å²) in [4.78, 5) is 0. The van der Waals surface area contributed by atoms with Crippen LogP contribution in [0.2, 0.25) is 0 Å². The summed E-state index contributed by atoms with van der Waals surface area (Å²) in [6.07, 6.45) is 14.4. The Hall–Kier alpha value is -0.380. The minimum absolute atomic E-state index is 0.413. The van der Waals surface area contributed by atoms with Crippen molar-refractivity contribution in [2.75, 3.05) is 20.3 Å². The van der Waals surface area contributed by atoms with Crippen LogP contribution < -0.4 is 5.32 Å². The van der Waals surface area contributed by atoms with Gasteiger partial charge in [-0.05, 0) is 112 Å². The van der Waals surface area contributed by atoms with E-state index in [0.29, 0.717) is 23.7 Å². The Morgan fingerprint density at radius 3 is 2.80 bits per heavy atom. The molecule has 5 aliphatic rings. The standard InChI is InChI=1S/C27H45NO2/c1-17-12-26-25(28-15-17)7-5-6-21-22-9-8-19-13-20(29-4)10-11-27(19,3)24(22)14-23(21)18(2)16-30-26/h17,19-22,24-26,28H,5-16H2,1-4H3. The van der Waals surface area contributed by atoms with E-state index in [1.54, 1.807) is 5.57 Å². The Morgan fingerprint density at radius 2 is 1.97 bits per heavy atom. The summed E-state index contributed by atoms with van der Waals surface area (Å²) in [5.74, 6) is 4.26. The van der Waals surface area contributed by atoms with Crippen molar-refractivity contribution < 1.29 is 9.47 Å². The van der Waals surface area contributed by atoms with Gasteiger partial charge in [-0.1, -0.05) is 25.8 Å². The number of methoxy groups -OCH3 is 1. The molecule has 30 heavy (non-hydrogen) atoms. The number of fused-ring (bicyclic) bond motifs is 6. The van der Waals surface area contributed by atoms with Gasteiger partial charge in [-0.3, -0.25) is 0 Å². The van der Waals surface area contributed by atoms with Crippen molar-refractivity contribution in [1.29, 1.82) is 0 Å². The van der Waals surface area contributed by atoms with Gasteiger partial charge in [-0.15, -0.1) is 0 Å². The van der Waals surface area contributed by atoms with Crippen molar-refractivity contribution in [3.05, 3.63) is 11.1 Å². The van der Waals surface area contributed by atoms with Crippen molar-refractivity contribution in [1.82, 2.24) is 5.32 Å². The van der Waals surface area contributed by atoms with Crippen LogP contribution in [0.25, 0.3) is 0 Å². The summed E-state index contributed by atoms with van der Waals surface area (Å²) in [6, 6.07) is 0.574. The van der Waals surface area contributed by atoms with Gasteiger partial charge in [0.05, 0.1) is 18.8 Å². The monoisotopic (exact) mass is 415 g/mol. The molecular formula is C27H45NO2. The first-order valence-electron chi connectivity index (χ1n) is 13.1. The summed E-state index contributed by atoms with van der Waals surface area (Å²) in [5, 5.41) is 3.82. The lowest BCUT2D eigenvalue weighted by Gasteiger charge is -2.54. The first kappa shape index (κ1) is 21.5. The van der Waals surface area contributed by atoms with Crippen LogP contribution in [-0.2, 0) is 9.47 Å². The number of rotatable bonds is 1. The number of allylic oxidation sites excluding steroid dienone is 1. The molecule has 0 aromatic rings. The molecular weight excluding hydrogens is 370 g/mol. The fraction of sp³-hybridized carbons (Fsp3) is 0.926. The summed E-state index contributed by atoms with van der Waals surface area (Å²) in [7, 11) is 1.92. The van der Waals surface area contributed by atoms with Gasteiger partial charge in [0.25, 0.3) is 0 Å². The molecule has 0 aromatic heterocycles. The molecule has 0 bridgehead atoms. The zero-order valence-electron chi connectivity index (χ0n) is 19.9. The van der Waals surface area contributed by atoms with E-state index < -0.39 is 0 Å². The second kappa shape index (κ2) is 8.52. The van der Waals surface area contributed by atoms with Crippen molar-refractivity contribution >= 4 is 0 Å². The molecule has 0 radical (unpaired) electrons. The number of hydrogen-bond donors (Lipinski definition) is 1. The minimum Gasteiger partial charge on any atom is -0.381 e. The van der Waals surface area contributed by atoms with Crippen molar-refractivity contribution in [2.45, 2.75) is 103 Å². The molecule has 3 aliphatic carbocycles. The third-order valence-electron chi connectivity index (χ3n) is 10.3. The molecule has 4 fully saturated rings. The molecule has 9 atom stereocenters. The molecule has 0 spiro atoms. The maximum Gasteiger partial charge on any atom is 0.0735 e. The predicted molar refractivity (Wildman–Crippen MR) is 122 cm³/mol.